The zero-order valence-electron chi connectivity index (χ0n) is 12.7. The largest absolute Gasteiger partial charge is 0.481 e. The van der Waals surface area contributed by atoms with Crippen LogP contribution in [-0.4, -0.2) is 17.3 Å². The van der Waals surface area contributed by atoms with E-state index in [1.165, 1.54) is 6.08 Å². The highest BCUT2D eigenvalue weighted by molar-refractivity contribution is 5.78. The van der Waals surface area contributed by atoms with Gasteiger partial charge in [-0.05, 0) is 11.0 Å². The van der Waals surface area contributed by atoms with Crippen LogP contribution >= 0.6 is 0 Å². The summed E-state index contributed by atoms with van der Waals surface area (Å²) in [6, 6.07) is 8.92. The van der Waals surface area contributed by atoms with E-state index >= 15 is 0 Å². The van der Waals surface area contributed by atoms with Crippen molar-refractivity contribution in [2.24, 2.45) is 22.7 Å². The molecule has 0 aromatic heterocycles. The van der Waals surface area contributed by atoms with Gasteiger partial charge in [0, 0.05) is 5.41 Å². The van der Waals surface area contributed by atoms with Crippen molar-refractivity contribution < 1.29 is 23.1 Å². The van der Waals surface area contributed by atoms with Gasteiger partial charge in [0.2, 0.25) is 0 Å². The maximum absolute atomic E-state index is 13.3. The minimum Gasteiger partial charge on any atom is -0.481 e. The SMILES string of the molecule is CC(C)(C)C1(/C=C/c2ccccc2)[C@@H](C(F)(F)F)[C@@H]1C(=O)O. The Hall–Kier alpha value is -1.78. The molecule has 1 aliphatic carbocycles. The number of aliphatic carboxylic acids is 1. The second-order valence-corrected chi connectivity index (χ2v) is 6.76. The zero-order valence-corrected chi connectivity index (χ0v) is 12.7. The van der Waals surface area contributed by atoms with E-state index in [-0.39, 0.29) is 0 Å². The van der Waals surface area contributed by atoms with E-state index < -0.39 is 34.8 Å². The van der Waals surface area contributed by atoms with E-state index in [1.807, 2.05) is 6.07 Å². The van der Waals surface area contributed by atoms with Crippen LogP contribution in [0.25, 0.3) is 6.08 Å². The zero-order chi connectivity index (χ0) is 16.8. The number of carbonyl (C=O) groups is 1. The number of rotatable bonds is 3. The van der Waals surface area contributed by atoms with Crippen molar-refractivity contribution in [3.8, 4) is 0 Å². The Labute approximate surface area is 127 Å². The molecule has 5 heteroatoms. The molecule has 1 aromatic carbocycles. The predicted molar refractivity (Wildman–Crippen MR) is 78.0 cm³/mol. The summed E-state index contributed by atoms with van der Waals surface area (Å²) in [5.41, 5.74) is -1.49. The Morgan fingerprint density at radius 1 is 1.18 bits per heavy atom. The summed E-state index contributed by atoms with van der Waals surface area (Å²) >= 11 is 0. The predicted octanol–water partition coefficient (Wildman–Crippen LogP) is 4.63. The molecule has 1 aliphatic rings. The first-order chi connectivity index (χ1) is 10.0. The fourth-order valence-electron chi connectivity index (χ4n) is 3.40. The summed E-state index contributed by atoms with van der Waals surface area (Å²) in [5.74, 6) is -4.68. The molecule has 3 atom stereocenters. The molecule has 1 aromatic rings. The number of allylic oxidation sites excluding steroid dienone is 1. The lowest BCUT2D eigenvalue weighted by Crippen LogP contribution is -2.28. The van der Waals surface area contributed by atoms with Gasteiger partial charge in [-0.15, -0.1) is 0 Å². The standard InChI is InChI=1S/C17H19F3O2/c1-15(2,3)16(10-9-11-7-5-4-6-8-11)12(14(21)22)13(16)17(18,19)20/h4-10,12-13H,1-3H3,(H,21,22)/b10-9+/t12-,13+,16?/m1/s1. The number of hydrogen-bond donors (Lipinski definition) is 1. The lowest BCUT2D eigenvalue weighted by molar-refractivity contribution is -0.164. The van der Waals surface area contributed by atoms with Gasteiger partial charge in [-0.2, -0.15) is 13.2 Å². The number of alkyl halides is 3. The Morgan fingerprint density at radius 2 is 1.73 bits per heavy atom. The van der Waals surface area contributed by atoms with E-state index in [9.17, 15) is 23.1 Å². The molecular weight excluding hydrogens is 293 g/mol. The van der Waals surface area contributed by atoms with Crippen LogP contribution < -0.4 is 0 Å². The van der Waals surface area contributed by atoms with E-state index in [4.69, 9.17) is 0 Å². The quantitative estimate of drug-likeness (QED) is 0.884. The topological polar surface area (TPSA) is 37.3 Å². The maximum atomic E-state index is 13.3. The second kappa shape index (κ2) is 5.14. The Kier molecular flexibility index (Phi) is 3.88. The molecule has 1 unspecified atom stereocenters. The van der Waals surface area contributed by atoms with E-state index in [0.717, 1.165) is 5.56 Å². The van der Waals surface area contributed by atoms with Crippen molar-refractivity contribution in [3.05, 3.63) is 42.0 Å². The summed E-state index contributed by atoms with van der Waals surface area (Å²) in [7, 11) is 0. The van der Waals surface area contributed by atoms with Crippen molar-refractivity contribution in [3.63, 3.8) is 0 Å². The van der Waals surface area contributed by atoms with Crippen LogP contribution in [0, 0.1) is 22.7 Å². The molecule has 0 radical (unpaired) electrons. The van der Waals surface area contributed by atoms with Crippen LogP contribution in [0.4, 0.5) is 13.2 Å². The third kappa shape index (κ3) is 2.64. The molecule has 0 amide bonds. The van der Waals surface area contributed by atoms with Crippen LogP contribution in [0.2, 0.25) is 0 Å². The number of hydrogen-bond acceptors (Lipinski definition) is 1. The highest BCUT2D eigenvalue weighted by Crippen LogP contribution is 2.73. The third-order valence-electron chi connectivity index (χ3n) is 4.52. The molecule has 0 saturated heterocycles. The van der Waals surface area contributed by atoms with Crippen molar-refractivity contribution in [1.29, 1.82) is 0 Å². The van der Waals surface area contributed by atoms with Crippen LogP contribution in [0.15, 0.2) is 36.4 Å². The Morgan fingerprint density at radius 3 is 2.09 bits per heavy atom. The number of benzene rings is 1. The Balaban J connectivity index is 2.47. The first-order valence-corrected chi connectivity index (χ1v) is 7.05. The van der Waals surface area contributed by atoms with E-state index in [1.54, 1.807) is 51.1 Å². The minimum absolute atomic E-state index is 0.753. The summed E-state index contributed by atoms with van der Waals surface area (Å²) in [5, 5.41) is 9.25. The Bertz CT molecular complexity index is 584. The molecule has 0 spiro atoms. The minimum atomic E-state index is -4.53. The lowest BCUT2D eigenvalue weighted by Gasteiger charge is -2.30. The van der Waals surface area contributed by atoms with Gasteiger partial charge in [0.05, 0.1) is 11.8 Å². The summed E-state index contributed by atoms with van der Waals surface area (Å²) in [6.07, 6.45) is -1.50. The van der Waals surface area contributed by atoms with Gasteiger partial charge in [0.1, 0.15) is 0 Å². The van der Waals surface area contributed by atoms with Gasteiger partial charge in [0.15, 0.2) is 0 Å². The second-order valence-electron chi connectivity index (χ2n) is 6.76. The molecule has 0 bridgehead atoms. The van der Waals surface area contributed by atoms with Crippen LogP contribution in [-0.2, 0) is 4.79 Å². The first kappa shape index (κ1) is 16.6. The first-order valence-electron chi connectivity index (χ1n) is 7.05. The van der Waals surface area contributed by atoms with Gasteiger partial charge >= 0.3 is 12.1 Å². The molecule has 2 nitrogen and oxygen atoms in total. The van der Waals surface area contributed by atoms with Crippen molar-refractivity contribution >= 4 is 12.0 Å². The fourth-order valence-corrected chi connectivity index (χ4v) is 3.40. The van der Waals surface area contributed by atoms with Gasteiger partial charge in [-0.25, -0.2) is 0 Å². The molecule has 0 heterocycles. The summed E-state index contributed by atoms with van der Waals surface area (Å²) in [4.78, 5) is 11.4. The molecule has 0 aliphatic heterocycles. The molecule has 2 rings (SSSR count). The van der Waals surface area contributed by atoms with E-state index in [2.05, 4.69) is 0 Å². The van der Waals surface area contributed by atoms with Crippen LogP contribution in [0.1, 0.15) is 26.3 Å². The highest BCUT2D eigenvalue weighted by atomic mass is 19.4. The van der Waals surface area contributed by atoms with Crippen molar-refractivity contribution in [2.45, 2.75) is 26.9 Å². The third-order valence-corrected chi connectivity index (χ3v) is 4.52. The molecule has 22 heavy (non-hydrogen) atoms. The number of halogens is 3. The van der Waals surface area contributed by atoms with E-state index in [0.29, 0.717) is 0 Å². The smallest absolute Gasteiger partial charge is 0.393 e. The average Bonchev–Trinajstić information content (AvgIpc) is 3.08. The molecule has 1 fully saturated rings. The average molecular weight is 312 g/mol. The monoisotopic (exact) mass is 312 g/mol. The molecule has 1 saturated carbocycles. The van der Waals surface area contributed by atoms with Gasteiger partial charge in [0.25, 0.3) is 0 Å². The molecular formula is C17H19F3O2. The van der Waals surface area contributed by atoms with Gasteiger partial charge in [-0.3, -0.25) is 4.79 Å². The number of carboxylic acids is 1. The van der Waals surface area contributed by atoms with Gasteiger partial charge in [-0.1, -0.05) is 63.3 Å². The lowest BCUT2D eigenvalue weighted by atomic mass is 9.74. The van der Waals surface area contributed by atoms with Crippen LogP contribution in [0.5, 0.6) is 0 Å². The van der Waals surface area contributed by atoms with Crippen molar-refractivity contribution in [1.82, 2.24) is 0 Å². The summed E-state index contributed by atoms with van der Waals surface area (Å²) < 4.78 is 39.9. The van der Waals surface area contributed by atoms with Crippen molar-refractivity contribution in [2.75, 3.05) is 0 Å². The molecule has 120 valence electrons. The van der Waals surface area contributed by atoms with Gasteiger partial charge < -0.3 is 5.11 Å². The maximum Gasteiger partial charge on any atom is 0.393 e. The highest BCUT2D eigenvalue weighted by Gasteiger charge is 2.80. The van der Waals surface area contributed by atoms with Crippen LogP contribution in [0.3, 0.4) is 0 Å². The fraction of sp³-hybridized carbons (Fsp3) is 0.471. The normalized spacial score (nSPS) is 28.8. The molecule has 1 N–H and O–H groups in total. The summed E-state index contributed by atoms with van der Waals surface area (Å²) in [6.45, 7) is 4.97. The number of carboxylic acid groups (broad SMARTS) is 1.